The Balaban J connectivity index is 2.08. The number of hydrogen-bond acceptors (Lipinski definition) is 4. The molecule has 3 rings (SSSR count). The molecule has 2 amide bonds. The minimum Gasteiger partial charge on any atom is -0.508 e. The topological polar surface area (TPSA) is 128 Å². The van der Waals surface area contributed by atoms with Gasteiger partial charge in [-0.2, -0.15) is 0 Å². The van der Waals surface area contributed by atoms with E-state index in [-0.39, 0.29) is 17.5 Å². The van der Waals surface area contributed by atoms with E-state index in [1.807, 2.05) is 13.8 Å². The molecule has 6 N–H and O–H groups in total. The summed E-state index contributed by atoms with van der Waals surface area (Å²) in [5.74, 6) is -0.423. The number of fused-ring (bicyclic) bond motifs is 1. The van der Waals surface area contributed by atoms with Crippen LogP contribution < -0.4 is 16.4 Å². The normalized spacial score (nSPS) is 10.8. The van der Waals surface area contributed by atoms with Crippen LogP contribution in [0.15, 0.2) is 48.5 Å². The van der Waals surface area contributed by atoms with Gasteiger partial charge in [0.1, 0.15) is 11.6 Å². The number of benzene rings is 3. The number of carbonyl (C=O) groups is 2. The summed E-state index contributed by atoms with van der Waals surface area (Å²) >= 11 is 0. The van der Waals surface area contributed by atoms with Crippen molar-refractivity contribution in [1.82, 2.24) is 5.32 Å². The van der Waals surface area contributed by atoms with Crippen molar-refractivity contribution in [2.24, 2.45) is 11.7 Å². The van der Waals surface area contributed by atoms with Crippen molar-refractivity contribution in [1.29, 1.82) is 5.41 Å². The monoisotopic (exact) mass is 418 g/mol. The molecule has 7 heteroatoms. The van der Waals surface area contributed by atoms with Crippen LogP contribution in [-0.4, -0.2) is 29.3 Å². The molecule has 0 aromatic heterocycles. The third-order valence-corrected chi connectivity index (χ3v) is 5.00. The molecule has 0 heterocycles. The van der Waals surface area contributed by atoms with Crippen molar-refractivity contribution in [3.05, 3.63) is 70.8 Å². The summed E-state index contributed by atoms with van der Waals surface area (Å²) < 4.78 is 0. The van der Waals surface area contributed by atoms with Crippen LogP contribution in [0.25, 0.3) is 10.8 Å². The smallest absolute Gasteiger partial charge is 0.256 e. The van der Waals surface area contributed by atoms with Gasteiger partial charge in [-0.15, -0.1) is 0 Å². The second kappa shape index (κ2) is 8.87. The third kappa shape index (κ3) is 4.83. The lowest BCUT2D eigenvalue weighted by Crippen LogP contribution is -2.27. The number of nitrogens with two attached hydrogens (primary N) is 1. The summed E-state index contributed by atoms with van der Waals surface area (Å²) in [6.07, 6.45) is 0. The molecule has 0 aliphatic rings. The van der Waals surface area contributed by atoms with Crippen molar-refractivity contribution < 1.29 is 14.7 Å². The minimum atomic E-state index is -0.414. The van der Waals surface area contributed by atoms with Crippen molar-refractivity contribution >= 4 is 34.1 Å². The van der Waals surface area contributed by atoms with Crippen LogP contribution in [0.4, 0.5) is 5.69 Å². The highest BCUT2D eigenvalue weighted by molar-refractivity contribution is 6.13. The predicted octanol–water partition coefficient (Wildman–Crippen LogP) is 3.78. The molecule has 3 aromatic rings. The number of amidine groups is 1. The Morgan fingerprint density at radius 3 is 2.48 bits per heavy atom. The van der Waals surface area contributed by atoms with Crippen LogP contribution in [0.1, 0.15) is 45.7 Å². The number of carbonyl (C=O) groups excluding carboxylic acids is 2. The Kier molecular flexibility index (Phi) is 6.25. The number of aromatic hydroxyl groups is 1. The average molecular weight is 418 g/mol. The lowest BCUT2D eigenvalue weighted by Gasteiger charge is -2.15. The molecule has 0 radical (unpaired) electrons. The third-order valence-electron chi connectivity index (χ3n) is 5.00. The first-order chi connectivity index (χ1) is 14.7. The van der Waals surface area contributed by atoms with Crippen LogP contribution in [0, 0.1) is 18.3 Å². The number of nitrogens with one attached hydrogen (secondary N) is 3. The van der Waals surface area contributed by atoms with Gasteiger partial charge in [0, 0.05) is 39.9 Å². The number of phenolic OH excluding ortho intramolecular Hbond substituents is 1. The molecule has 0 aliphatic carbocycles. The van der Waals surface area contributed by atoms with E-state index in [0.717, 1.165) is 5.39 Å². The molecule has 0 spiro atoms. The number of hydrogen-bond donors (Lipinski definition) is 5. The zero-order chi connectivity index (χ0) is 22.7. The fourth-order valence-electron chi connectivity index (χ4n) is 3.22. The van der Waals surface area contributed by atoms with E-state index in [1.165, 1.54) is 6.07 Å². The Morgan fingerprint density at radius 1 is 1.06 bits per heavy atom. The van der Waals surface area contributed by atoms with Gasteiger partial charge in [-0.1, -0.05) is 32.0 Å². The van der Waals surface area contributed by atoms with E-state index in [1.54, 1.807) is 49.4 Å². The van der Waals surface area contributed by atoms with E-state index < -0.39 is 5.91 Å². The first kappa shape index (κ1) is 21.8. The fraction of sp³-hybridized carbons (Fsp3) is 0.208. The van der Waals surface area contributed by atoms with Gasteiger partial charge in [0.2, 0.25) is 0 Å². The molecule has 0 atom stereocenters. The van der Waals surface area contributed by atoms with Gasteiger partial charge in [-0.3, -0.25) is 15.0 Å². The molecule has 3 aromatic carbocycles. The van der Waals surface area contributed by atoms with Crippen molar-refractivity contribution in [3.8, 4) is 5.75 Å². The van der Waals surface area contributed by atoms with Crippen LogP contribution in [0.2, 0.25) is 0 Å². The van der Waals surface area contributed by atoms with Crippen LogP contribution in [-0.2, 0) is 0 Å². The summed E-state index contributed by atoms with van der Waals surface area (Å²) in [6.45, 7) is 6.21. The van der Waals surface area contributed by atoms with Crippen molar-refractivity contribution in [2.45, 2.75) is 20.8 Å². The van der Waals surface area contributed by atoms with Gasteiger partial charge in [-0.05, 0) is 48.6 Å². The molecule has 0 unspecified atom stereocenters. The van der Waals surface area contributed by atoms with Gasteiger partial charge in [0.05, 0.1) is 0 Å². The zero-order valence-corrected chi connectivity index (χ0v) is 17.7. The van der Waals surface area contributed by atoms with E-state index in [9.17, 15) is 14.7 Å². The van der Waals surface area contributed by atoms with Crippen molar-refractivity contribution in [3.63, 3.8) is 0 Å². The van der Waals surface area contributed by atoms with Gasteiger partial charge in [0.15, 0.2) is 0 Å². The van der Waals surface area contributed by atoms with Gasteiger partial charge < -0.3 is 21.5 Å². The molecule has 7 nitrogen and oxygen atoms in total. The number of anilines is 1. The highest BCUT2D eigenvalue weighted by atomic mass is 16.3. The van der Waals surface area contributed by atoms with Crippen LogP contribution >= 0.6 is 0 Å². The van der Waals surface area contributed by atoms with Gasteiger partial charge in [-0.25, -0.2) is 0 Å². The number of amides is 2. The molecule has 0 aliphatic heterocycles. The summed E-state index contributed by atoms with van der Waals surface area (Å²) in [5.41, 5.74) is 7.75. The summed E-state index contributed by atoms with van der Waals surface area (Å²) in [5, 5.41) is 24.8. The Hall–Kier alpha value is -3.87. The van der Waals surface area contributed by atoms with E-state index in [2.05, 4.69) is 10.6 Å². The number of rotatable bonds is 6. The largest absolute Gasteiger partial charge is 0.508 e. The molecule has 0 saturated carbocycles. The summed E-state index contributed by atoms with van der Waals surface area (Å²) in [7, 11) is 0. The fourth-order valence-corrected chi connectivity index (χ4v) is 3.22. The maximum absolute atomic E-state index is 13.0. The standard InChI is InChI=1S/C24H26N4O3/c1-13(2)12-27-23(30)17-9-15-7-8-16(22(25)26)10-19(15)20(11-17)28-24(31)18-5-4-6-21(29)14(18)3/h4-11,13,29H,12H2,1-3H3,(H3,25,26)(H,27,30)(H,28,31). The first-order valence-corrected chi connectivity index (χ1v) is 9.97. The van der Waals surface area contributed by atoms with E-state index >= 15 is 0 Å². The molecular formula is C24H26N4O3. The SMILES string of the molecule is Cc1c(O)cccc1C(=O)Nc1cc(C(=O)NCC(C)C)cc2ccc(C(=N)N)cc12. The molecule has 31 heavy (non-hydrogen) atoms. The maximum atomic E-state index is 13.0. The molecule has 0 fully saturated rings. The van der Waals surface area contributed by atoms with E-state index in [0.29, 0.717) is 45.8 Å². The van der Waals surface area contributed by atoms with Crippen molar-refractivity contribution in [2.75, 3.05) is 11.9 Å². The van der Waals surface area contributed by atoms with E-state index in [4.69, 9.17) is 11.1 Å². The molecule has 0 saturated heterocycles. The molecular weight excluding hydrogens is 392 g/mol. The Bertz CT molecular complexity index is 1180. The predicted molar refractivity (Wildman–Crippen MR) is 123 cm³/mol. The molecule has 0 bridgehead atoms. The van der Waals surface area contributed by atoms with Crippen LogP contribution in [0.3, 0.4) is 0 Å². The zero-order valence-electron chi connectivity index (χ0n) is 17.7. The number of phenols is 1. The summed E-state index contributed by atoms with van der Waals surface area (Å²) in [6, 6.07) is 13.2. The second-order valence-corrected chi connectivity index (χ2v) is 7.88. The lowest BCUT2D eigenvalue weighted by atomic mass is 10.0. The second-order valence-electron chi connectivity index (χ2n) is 7.88. The maximum Gasteiger partial charge on any atom is 0.256 e. The highest BCUT2D eigenvalue weighted by Crippen LogP contribution is 2.28. The first-order valence-electron chi connectivity index (χ1n) is 9.97. The Labute approximate surface area is 180 Å². The van der Waals surface area contributed by atoms with Gasteiger partial charge >= 0.3 is 0 Å². The quantitative estimate of drug-likeness (QED) is 0.308. The average Bonchev–Trinajstić information content (AvgIpc) is 2.73. The molecule has 160 valence electrons. The minimum absolute atomic E-state index is 0.0261. The lowest BCUT2D eigenvalue weighted by molar-refractivity contribution is 0.0948. The summed E-state index contributed by atoms with van der Waals surface area (Å²) in [4.78, 5) is 25.6. The Morgan fingerprint density at radius 2 is 1.81 bits per heavy atom. The van der Waals surface area contributed by atoms with Crippen LogP contribution in [0.5, 0.6) is 5.75 Å². The number of nitrogen functional groups attached to an aromatic ring is 1. The van der Waals surface area contributed by atoms with Gasteiger partial charge in [0.25, 0.3) is 11.8 Å². The highest BCUT2D eigenvalue weighted by Gasteiger charge is 2.16.